The van der Waals surface area contributed by atoms with Crippen LogP contribution in [-0.4, -0.2) is 66.3 Å². The van der Waals surface area contributed by atoms with Crippen molar-refractivity contribution in [1.29, 1.82) is 0 Å². The number of nitrogens with zero attached hydrogens (tertiary/aromatic N) is 1. The topological polar surface area (TPSA) is 134 Å². The maximum absolute atomic E-state index is 12.7. The Labute approximate surface area is 181 Å². The summed E-state index contributed by atoms with van der Waals surface area (Å²) in [5, 5.41) is 5.70. The van der Waals surface area contributed by atoms with E-state index in [1.165, 1.54) is 6.92 Å². The average Bonchev–Trinajstić information content (AvgIpc) is 2.72. The van der Waals surface area contributed by atoms with E-state index < -0.39 is 42.1 Å². The van der Waals surface area contributed by atoms with Gasteiger partial charge in [0.25, 0.3) is 5.91 Å². The van der Waals surface area contributed by atoms with Crippen molar-refractivity contribution < 1.29 is 28.7 Å². The number of hydrogen-bond acceptors (Lipinski definition) is 7. The van der Waals surface area contributed by atoms with Gasteiger partial charge in [-0.25, -0.2) is 10.2 Å². The minimum absolute atomic E-state index is 0.225. The molecule has 1 aromatic carbocycles. The molecule has 0 radical (unpaired) electrons. The third-order valence-corrected chi connectivity index (χ3v) is 3.82. The highest BCUT2D eigenvalue weighted by Gasteiger charge is 2.25. The highest BCUT2D eigenvalue weighted by molar-refractivity contribution is 5.88. The summed E-state index contributed by atoms with van der Waals surface area (Å²) in [6.07, 6.45) is 0.652. The van der Waals surface area contributed by atoms with Gasteiger partial charge < -0.3 is 25.0 Å². The molecule has 170 valence electrons. The summed E-state index contributed by atoms with van der Waals surface area (Å²) >= 11 is 0. The zero-order valence-electron chi connectivity index (χ0n) is 18.2. The molecule has 0 bridgehead atoms. The third-order valence-electron chi connectivity index (χ3n) is 3.82. The number of rotatable bonds is 11. The van der Waals surface area contributed by atoms with E-state index in [9.17, 15) is 24.0 Å². The smallest absolute Gasteiger partial charge is 0.408 e. The van der Waals surface area contributed by atoms with E-state index in [1.54, 1.807) is 20.8 Å². The lowest BCUT2D eigenvalue weighted by atomic mass is 10.1. The van der Waals surface area contributed by atoms with Gasteiger partial charge in [0.2, 0.25) is 5.91 Å². The number of ether oxygens (including phenoxy) is 1. The molecule has 2 atom stereocenters. The van der Waals surface area contributed by atoms with Gasteiger partial charge in [-0.1, -0.05) is 30.3 Å². The first kappa shape index (κ1) is 25.8. The Bertz CT molecular complexity index is 763. The van der Waals surface area contributed by atoms with Gasteiger partial charge in [0.05, 0.1) is 12.6 Å². The van der Waals surface area contributed by atoms with E-state index in [0.717, 1.165) is 10.6 Å². The van der Waals surface area contributed by atoms with Crippen LogP contribution in [-0.2, 0) is 30.3 Å². The van der Waals surface area contributed by atoms with Crippen molar-refractivity contribution in [1.82, 2.24) is 21.1 Å². The van der Waals surface area contributed by atoms with Crippen LogP contribution in [0.25, 0.3) is 0 Å². The molecular weight excluding hydrogens is 404 g/mol. The second-order valence-corrected chi connectivity index (χ2v) is 7.84. The second-order valence-electron chi connectivity index (χ2n) is 7.84. The highest BCUT2D eigenvalue weighted by atomic mass is 16.6. The summed E-state index contributed by atoms with van der Waals surface area (Å²) in [6, 6.07) is 7.45. The lowest BCUT2D eigenvalue weighted by molar-refractivity contribution is -0.141. The molecule has 0 aliphatic rings. The summed E-state index contributed by atoms with van der Waals surface area (Å²) < 4.78 is 5.02. The number of aldehydes is 2. The minimum atomic E-state index is -0.894. The Morgan fingerprint density at radius 3 is 2.23 bits per heavy atom. The lowest BCUT2D eigenvalue weighted by Crippen LogP contribution is -2.57. The van der Waals surface area contributed by atoms with Gasteiger partial charge in [0.1, 0.15) is 30.8 Å². The van der Waals surface area contributed by atoms with Crippen molar-refractivity contribution in [2.75, 3.05) is 13.1 Å². The fraction of sp³-hybridized carbons (Fsp3) is 0.476. The standard InChI is InChI=1S/C21H30N4O6/c1-15(13-26)24-25(17(14-27)10-16-8-6-5-7-9-16)19(29)12-22-18(28)11-23-20(30)31-21(2,3)4/h5-9,13-15,17,24H,10-12H2,1-4H3,(H,22,28)(H,23,30)/t15-,17-/m0/s1. The molecule has 0 unspecified atom stereocenters. The minimum Gasteiger partial charge on any atom is -0.444 e. The van der Waals surface area contributed by atoms with Crippen LogP contribution in [0.4, 0.5) is 4.79 Å². The molecule has 0 aliphatic carbocycles. The van der Waals surface area contributed by atoms with E-state index in [-0.39, 0.29) is 13.0 Å². The zero-order valence-corrected chi connectivity index (χ0v) is 18.2. The predicted molar refractivity (Wildman–Crippen MR) is 113 cm³/mol. The maximum atomic E-state index is 12.7. The number of amides is 3. The van der Waals surface area contributed by atoms with Gasteiger partial charge in [0.15, 0.2) is 0 Å². The van der Waals surface area contributed by atoms with Gasteiger partial charge in [-0.2, -0.15) is 0 Å². The van der Waals surface area contributed by atoms with Crippen LogP contribution >= 0.6 is 0 Å². The van der Waals surface area contributed by atoms with Crippen LogP contribution in [0, 0.1) is 0 Å². The normalized spacial score (nSPS) is 12.8. The molecule has 0 aliphatic heterocycles. The summed E-state index contributed by atoms with van der Waals surface area (Å²) in [4.78, 5) is 58.9. The monoisotopic (exact) mass is 434 g/mol. The van der Waals surface area contributed by atoms with Crippen molar-refractivity contribution in [3.63, 3.8) is 0 Å². The fourth-order valence-electron chi connectivity index (χ4n) is 2.45. The first-order chi connectivity index (χ1) is 14.6. The summed E-state index contributed by atoms with van der Waals surface area (Å²) in [5.41, 5.74) is 2.80. The Balaban J connectivity index is 2.70. The number of hydrazine groups is 1. The zero-order chi connectivity index (χ0) is 23.4. The molecule has 3 amide bonds. The summed E-state index contributed by atoms with van der Waals surface area (Å²) in [7, 11) is 0. The maximum Gasteiger partial charge on any atom is 0.408 e. The van der Waals surface area contributed by atoms with Crippen molar-refractivity contribution in [2.24, 2.45) is 0 Å². The average molecular weight is 434 g/mol. The number of benzene rings is 1. The first-order valence-corrected chi connectivity index (χ1v) is 9.82. The fourth-order valence-corrected chi connectivity index (χ4v) is 2.45. The predicted octanol–water partition coefficient (Wildman–Crippen LogP) is 0.358. The molecule has 0 aromatic heterocycles. The van der Waals surface area contributed by atoms with Gasteiger partial charge in [0, 0.05) is 6.42 Å². The number of carbonyl (C=O) groups is 5. The summed E-state index contributed by atoms with van der Waals surface area (Å²) in [5.74, 6) is -1.24. The van der Waals surface area contributed by atoms with Crippen LogP contribution in [0.5, 0.6) is 0 Å². The number of hydrogen-bond donors (Lipinski definition) is 3. The molecule has 10 heteroatoms. The van der Waals surface area contributed by atoms with E-state index in [2.05, 4.69) is 16.1 Å². The van der Waals surface area contributed by atoms with E-state index in [4.69, 9.17) is 4.74 Å². The van der Waals surface area contributed by atoms with E-state index >= 15 is 0 Å². The quantitative estimate of drug-likeness (QED) is 0.338. The van der Waals surface area contributed by atoms with Crippen LogP contribution in [0.15, 0.2) is 30.3 Å². The molecule has 0 saturated heterocycles. The van der Waals surface area contributed by atoms with Crippen molar-refractivity contribution in [2.45, 2.75) is 51.8 Å². The first-order valence-electron chi connectivity index (χ1n) is 9.82. The Hall–Kier alpha value is -3.27. The van der Waals surface area contributed by atoms with E-state index in [1.807, 2.05) is 30.3 Å². The molecule has 0 heterocycles. The highest BCUT2D eigenvalue weighted by Crippen LogP contribution is 2.08. The third kappa shape index (κ3) is 10.4. The van der Waals surface area contributed by atoms with Crippen molar-refractivity contribution in [3.05, 3.63) is 35.9 Å². The van der Waals surface area contributed by atoms with Crippen LogP contribution in [0.2, 0.25) is 0 Å². The van der Waals surface area contributed by atoms with Crippen molar-refractivity contribution >= 4 is 30.5 Å². The SMILES string of the molecule is C[C@@H](C=O)NN(C(=O)CNC(=O)CNC(=O)OC(C)(C)C)[C@H](C=O)Cc1ccccc1. The number of alkyl carbamates (subject to hydrolysis) is 1. The van der Waals surface area contributed by atoms with E-state index in [0.29, 0.717) is 12.6 Å². The Morgan fingerprint density at radius 2 is 1.68 bits per heavy atom. The molecule has 0 fully saturated rings. The second kappa shape index (κ2) is 12.4. The van der Waals surface area contributed by atoms with Gasteiger partial charge in [-0.15, -0.1) is 0 Å². The molecule has 3 N–H and O–H groups in total. The molecule has 1 aromatic rings. The molecule has 0 saturated carbocycles. The van der Waals surface area contributed by atoms with Crippen LogP contribution in [0.1, 0.15) is 33.3 Å². The van der Waals surface area contributed by atoms with Crippen molar-refractivity contribution in [3.8, 4) is 0 Å². The summed E-state index contributed by atoms with van der Waals surface area (Å²) in [6.45, 7) is 5.76. The molecule has 0 spiro atoms. The Kier molecular flexibility index (Phi) is 10.3. The molecule has 1 rings (SSSR count). The van der Waals surface area contributed by atoms with Gasteiger partial charge in [-0.3, -0.25) is 14.6 Å². The number of nitrogens with one attached hydrogen (secondary N) is 3. The largest absolute Gasteiger partial charge is 0.444 e. The molecular formula is C21H30N4O6. The van der Waals surface area contributed by atoms with Gasteiger partial charge >= 0.3 is 6.09 Å². The molecule has 31 heavy (non-hydrogen) atoms. The Morgan fingerprint density at radius 1 is 1.03 bits per heavy atom. The van der Waals surface area contributed by atoms with Gasteiger partial charge in [-0.05, 0) is 33.3 Å². The molecule has 10 nitrogen and oxygen atoms in total. The number of carbonyl (C=O) groups excluding carboxylic acids is 5. The van der Waals surface area contributed by atoms with Crippen LogP contribution < -0.4 is 16.1 Å². The lowest BCUT2D eigenvalue weighted by Gasteiger charge is -2.30. The van der Waals surface area contributed by atoms with Crippen LogP contribution in [0.3, 0.4) is 0 Å².